The van der Waals surface area contributed by atoms with Crippen LogP contribution >= 0.6 is 22.6 Å². The maximum Gasteiger partial charge on any atom is 0.307 e. The molecule has 0 radical (unpaired) electrons. The molecule has 0 aliphatic carbocycles. The Balaban J connectivity index is 1.34. The lowest BCUT2D eigenvalue weighted by molar-refractivity contribution is 0.0923. The summed E-state index contributed by atoms with van der Waals surface area (Å²) >= 11 is 2.20. The molecule has 2 aromatic heterocycles. The zero-order valence-corrected chi connectivity index (χ0v) is 25.7. The Hall–Kier alpha value is -3.73. The second-order valence-electron chi connectivity index (χ2n) is 10.2. The summed E-state index contributed by atoms with van der Waals surface area (Å²) in [6.45, 7) is 12.7. The Morgan fingerprint density at radius 1 is 1.02 bits per heavy atom. The highest BCUT2D eigenvalue weighted by atomic mass is 127. The molecule has 1 N–H and O–H groups in total. The van der Waals surface area contributed by atoms with E-state index in [1.54, 1.807) is 18.3 Å². The summed E-state index contributed by atoms with van der Waals surface area (Å²) in [7, 11) is 0. The predicted molar refractivity (Wildman–Crippen MR) is 164 cm³/mol. The molecule has 0 atom stereocenters. The third-order valence-corrected chi connectivity index (χ3v) is 6.55. The minimum Gasteiger partial charge on any atom is -0.490 e. The van der Waals surface area contributed by atoms with Crippen LogP contribution in [-0.2, 0) is 6.61 Å². The van der Waals surface area contributed by atoms with Gasteiger partial charge in [-0.05, 0) is 130 Å². The molecule has 2 heterocycles. The molecule has 0 bridgehead atoms. The Morgan fingerprint density at radius 2 is 1.73 bits per heavy atom. The van der Waals surface area contributed by atoms with Crippen LogP contribution in [0.3, 0.4) is 0 Å². The molecule has 0 unspecified atom stereocenters. The number of hydrogen-bond donors (Lipinski definition) is 1. The van der Waals surface area contributed by atoms with Gasteiger partial charge >= 0.3 is 5.91 Å². The highest BCUT2D eigenvalue weighted by Gasteiger charge is 2.19. The molecule has 4 rings (SSSR count). The summed E-state index contributed by atoms with van der Waals surface area (Å²) in [6.07, 6.45) is 1.55. The van der Waals surface area contributed by atoms with Crippen LogP contribution < -0.4 is 19.6 Å². The van der Waals surface area contributed by atoms with Crippen molar-refractivity contribution in [2.24, 2.45) is 5.10 Å². The molecule has 9 heteroatoms. The SMILES string of the molecule is CCOc1cc(/C=N/NC(=O)c2ccc(COc3ccc(-n4c(C)ccc4C)cc3)o2)cc(I)c1OC(C)(C)C. The molecule has 40 heavy (non-hydrogen) atoms. The number of halogens is 1. The van der Waals surface area contributed by atoms with Gasteiger partial charge in [-0.3, -0.25) is 4.79 Å². The Bertz CT molecular complexity index is 1480. The maximum atomic E-state index is 12.6. The second-order valence-corrected chi connectivity index (χ2v) is 11.3. The maximum absolute atomic E-state index is 12.6. The number of ether oxygens (including phenoxy) is 3. The molecule has 0 aliphatic rings. The van der Waals surface area contributed by atoms with Gasteiger partial charge in [-0.25, -0.2) is 5.43 Å². The lowest BCUT2D eigenvalue weighted by Gasteiger charge is -2.24. The minimum absolute atomic E-state index is 0.142. The highest BCUT2D eigenvalue weighted by molar-refractivity contribution is 14.1. The van der Waals surface area contributed by atoms with Gasteiger partial charge in [-0.15, -0.1) is 0 Å². The number of hydrogen-bond acceptors (Lipinski definition) is 6. The molecule has 210 valence electrons. The van der Waals surface area contributed by atoms with Crippen LogP contribution in [0.25, 0.3) is 5.69 Å². The molecular formula is C31H34IN3O5. The van der Waals surface area contributed by atoms with E-state index < -0.39 is 5.91 Å². The predicted octanol–water partition coefficient (Wildman–Crippen LogP) is 7.21. The number of nitrogens with one attached hydrogen (secondary N) is 1. The van der Waals surface area contributed by atoms with Crippen molar-refractivity contribution in [3.8, 4) is 22.9 Å². The van der Waals surface area contributed by atoms with E-state index in [2.05, 4.69) is 63.7 Å². The van der Waals surface area contributed by atoms with E-state index >= 15 is 0 Å². The summed E-state index contributed by atoms with van der Waals surface area (Å²) in [4.78, 5) is 12.6. The molecule has 0 fully saturated rings. The van der Waals surface area contributed by atoms with Crippen molar-refractivity contribution >= 4 is 34.7 Å². The lowest BCUT2D eigenvalue weighted by Crippen LogP contribution is -2.24. The van der Waals surface area contributed by atoms with Crippen molar-refractivity contribution < 1.29 is 23.4 Å². The monoisotopic (exact) mass is 655 g/mol. The molecular weight excluding hydrogens is 621 g/mol. The van der Waals surface area contributed by atoms with Crippen LogP contribution in [0.1, 0.15) is 61.0 Å². The Labute approximate surface area is 248 Å². The number of aryl methyl sites for hydroxylation is 2. The molecule has 4 aromatic rings. The number of furan rings is 1. The van der Waals surface area contributed by atoms with Crippen molar-refractivity contribution in [1.82, 2.24) is 9.99 Å². The van der Waals surface area contributed by atoms with E-state index in [1.807, 2.05) is 64.1 Å². The van der Waals surface area contributed by atoms with Gasteiger partial charge in [0.25, 0.3) is 0 Å². The van der Waals surface area contributed by atoms with E-state index in [1.165, 1.54) is 11.4 Å². The Morgan fingerprint density at radius 3 is 2.38 bits per heavy atom. The number of rotatable bonds is 10. The quantitative estimate of drug-likeness (QED) is 0.111. The summed E-state index contributed by atoms with van der Waals surface area (Å²) in [5, 5.41) is 4.09. The topological polar surface area (TPSA) is 87.2 Å². The summed E-state index contributed by atoms with van der Waals surface area (Å²) < 4.78 is 26.4. The lowest BCUT2D eigenvalue weighted by atomic mass is 10.1. The van der Waals surface area contributed by atoms with E-state index in [-0.39, 0.29) is 18.0 Å². The molecule has 0 saturated carbocycles. The van der Waals surface area contributed by atoms with E-state index in [4.69, 9.17) is 18.6 Å². The van der Waals surface area contributed by atoms with Gasteiger partial charge in [-0.2, -0.15) is 5.10 Å². The first-order chi connectivity index (χ1) is 19.0. The molecule has 0 saturated heterocycles. The smallest absolute Gasteiger partial charge is 0.307 e. The van der Waals surface area contributed by atoms with Crippen LogP contribution in [0.4, 0.5) is 0 Å². The van der Waals surface area contributed by atoms with Crippen molar-refractivity contribution in [1.29, 1.82) is 0 Å². The van der Waals surface area contributed by atoms with Gasteiger partial charge in [-0.1, -0.05) is 0 Å². The van der Waals surface area contributed by atoms with Gasteiger partial charge in [0.15, 0.2) is 17.3 Å². The fourth-order valence-corrected chi connectivity index (χ4v) is 4.79. The van der Waals surface area contributed by atoms with Crippen molar-refractivity contribution in [3.63, 3.8) is 0 Å². The molecule has 0 aliphatic heterocycles. The number of carbonyl (C=O) groups excluding carboxylic acids is 1. The van der Waals surface area contributed by atoms with Gasteiger partial charge in [0.1, 0.15) is 23.7 Å². The highest BCUT2D eigenvalue weighted by Crippen LogP contribution is 2.36. The van der Waals surface area contributed by atoms with Crippen LogP contribution in [0.2, 0.25) is 0 Å². The minimum atomic E-state index is -0.461. The summed E-state index contributed by atoms with van der Waals surface area (Å²) in [5.74, 6) is 2.22. The number of amides is 1. The standard InChI is InChI=1S/C31H34IN3O5/c1-7-37-28-17-22(16-26(32)29(28)40-31(4,5)6)18-33-34-30(36)27-15-14-25(39-27)19-38-24-12-10-23(11-13-24)35-20(2)8-9-21(35)3/h8-18H,7,19H2,1-6H3,(H,34,36)/b33-18+. The van der Waals surface area contributed by atoms with Crippen molar-refractivity contribution in [2.45, 2.75) is 53.8 Å². The van der Waals surface area contributed by atoms with Crippen LogP contribution in [0, 0.1) is 17.4 Å². The van der Waals surface area contributed by atoms with Gasteiger partial charge < -0.3 is 23.2 Å². The number of aromatic nitrogens is 1. The van der Waals surface area contributed by atoms with Crippen molar-refractivity contribution in [3.05, 3.63) is 92.7 Å². The zero-order chi connectivity index (χ0) is 28.9. The van der Waals surface area contributed by atoms with E-state index in [0.29, 0.717) is 29.6 Å². The molecule has 0 spiro atoms. The average molecular weight is 656 g/mol. The molecule has 1 amide bonds. The first-order valence-electron chi connectivity index (χ1n) is 13.0. The largest absolute Gasteiger partial charge is 0.490 e. The number of nitrogens with zero attached hydrogens (tertiary/aromatic N) is 2. The summed E-state index contributed by atoms with van der Waals surface area (Å²) in [5.41, 5.74) is 6.32. The van der Waals surface area contributed by atoms with Crippen LogP contribution in [0.15, 0.2) is 70.2 Å². The van der Waals surface area contributed by atoms with Gasteiger partial charge in [0.05, 0.1) is 16.4 Å². The zero-order valence-electron chi connectivity index (χ0n) is 23.6. The van der Waals surface area contributed by atoms with E-state index in [0.717, 1.165) is 14.8 Å². The number of carbonyl (C=O) groups is 1. The Kier molecular flexibility index (Phi) is 9.24. The molecule has 8 nitrogen and oxygen atoms in total. The third kappa shape index (κ3) is 7.47. The van der Waals surface area contributed by atoms with Gasteiger partial charge in [0.2, 0.25) is 0 Å². The van der Waals surface area contributed by atoms with Crippen LogP contribution in [0.5, 0.6) is 17.2 Å². The number of hydrazone groups is 1. The van der Waals surface area contributed by atoms with Crippen LogP contribution in [-0.4, -0.2) is 28.9 Å². The third-order valence-electron chi connectivity index (χ3n) is 5.75. The first kappa shape index (κ1) is 29.3. The number of benzene rings is 2. The molecule has 2 aromatic carbocycles. The average Bonchev–Trinajstić information content (AvgIpc) is 3.51. The summed E-state index contributed by atoms with van der Waals surface area (Å²) in [6, 6.07) is 19.1. The second kappa shape index (κ2) is 12.6. The van der Waals surface area contributed by atoms with Gasteiger partial charge in [0, 0.05) is 17.1 Å². The normalized spacial score (nSPS) is 11.6. The van der Waals surface area contributed by atoms with E-state index in [9.17, 15) is 4.79 Å². The first-order valence-corrected chi connectivity index (χ1v) is 14.1. The van der Waals surface area contributed by atoms with Crippen molar-refractivity contribution in [2.75, 3.05) is 6.61 Å². The fourth-order valence-electron chi connectivity index (χ4n) is 4.05. The fraction of sp³-hybridized carbons (Fsp3) is 0.290.